The van der Waals surface area contributed by atoms with Gasteiger partial charge in [-0.3, -0.25) is 14.4 Å². The van der Waals surface area contributed by atoms with Gasteiger partial charge in [0.15, 0.2) is 5.78 Å². The molecule has 0 radical (unpaired) electrons. The van der Waals surface area contributed by atoms with E-state index in [1.54, 1.807) is 16.3 Å². The molecule has 0 unspecified atom stereocenters. The van der Waals surface area contributed by atoms with Crippen molar-refractivity contribution in [3.05, 3.63) is 22.4 Å². The molecule has 1 aromatic rings. The minimum absolute atomic E-state index is 0.0218. The normalized spacial score (nSPS) is 26.8. The lowest BCUT2D eigenvalue weighted by atomic mass is 9.84. The molecular formula is C20H26N2O4S. The molecule has 3 fully saturated rings. The predicted molar refractivity (Wildman–Crippen MR) is 102 cm³/mol. The summed E-state index contributed by atoms with van der Waals surface area (Å²) < 4.78 is 5.51. The van der Waals surface area contributed by atoms with Crippen LogP contribution in [0.1, 0.15) is 55.3 Å². The molecule has 2 amide bonds. The highest BCUT2D eigenvalue weighted by molar-refractivity contribution is 7.08. The summed E-state index contributed by atoms with van der Waals surface area (Å²) >= 11 is 1.46. The van der Waals surface area contributed by atoms with Crippen LogP contribution < -0.4 is 5.32 Å². The molecule has 2 saturated heterocycles. The first kappa shape index (κ1) is 18.6. The third-order valence-corrected chi connectivity index (χ3v) is 6.76. The number of ether oxygens (including phenoxy) is 1. The number of nitrogens with one attached hydrogen (secondary N) is 1. The van der Waals surface area contributed by atoms with Crippen molar-refractivity contribution in [3.63, 3.8) is 0 Å². The first-order valence-electron chi connectivity index (χ1n) is 9.91. The maximum atomic E-state index is 13.3. The van der Waals surface area contributed by atoms with Gasteiger partial charge in [-0.2, -0.15) is 11.3 Å². The predicted octanol–water partition coefficient (Wildman–Crippen LogP) is 2.39. The largest absolute Gasteiger partial charge is 0.368 e. The summed E-state index contributed by atoms with van der Waals surface area (Å²) in [6.07, 6.45) is 6.99. The number of rotatable bonds is 5. The average Bonchev–Trinajstić information content (AvgIpc) is 3.41. The lowest BCUT2D eigenvalue weighted by molar-refractivity contribution is -0.138. The molecule has 146 valence electrons. The summed E-state index contributed by atoms with van der Waals surface area (Å²) in [7, 11) is 0. The second-order valence-corrected chi connectivity index (χ2v) is 8.64. The van der Waals surface area contributed by atoms with Crippen molar-refractivity contribution in [2.45, 2.75) is 63.1 Å². The van der Waals surface area contributed by atoms with Gasteiger partial charge in [0.25, 0.3) is 5.91 Å². The fourth-order valence-corrected chi connectivity index (χ4v) is 5.29. The fourth-order valence-electron chi connectivity index (χ4n) is 4.65. The third-order valence-electron chi connectivity index (χ3n) is 6.08. The molecule has 1 N–H and O–H groups in total. The molecular weight excluding hydrogens is 364 g/mol. The van der Waals surface area contributed by atoms with Crippen LogP contribution in [0.5, 0.6) is 0 Å². The van der Waals surface area contributed by atoms with Gasteiger partial charge in [0.1, 0.15) is 18.7 Å². The Morgan fingerprint density at radius 2 is 2.07 bits per heavy atom. The molecule has 3 aliphatic rings. The first-order valence-corrected chi connectivity index (χ1v) is 10.9. The molecule has 3 heterocycles. The van der Waals surface area contributed by atoms with E-state index in [4.69, 9.17) is 4.74 Å². The van der Waals surface area contributed by atoms with Crippen molar-refractivity contribution >= 4 is 28.9 Å². The number of hydrogen-bond donors (Lipinski definition) is 1. The van der Waals surface area contributed by atoms with E-state index >= 15 is 0 Å². The number of carbonyl (C=O) groups is 3. The number of hydrogen-bond acceptors (Lipinski definition) is 5. The topological polar surface area (TPSA) is 75.7 Å². The molecule has 0 bridgehead atoms. The van der Waals surface area contributed by atoms with Gasteiger partial charge >= 0.3 is 0 Å². The molecule has 4 rings (SSSR count). The fraction of sp³-hybridized carbons (Fsp3) is 0.650. The molecule has 2 aliphatic heterocycles. The third kappa shape index (κ3) is 3.94. The van der Waals surface area contributed by atoms with Crippen molar-refractivity contribution in [2.75, 3.05) is 13.2 Å². The lowest BCUT2D eigenvalue weighted by Crippen LogP contribution is -2.52. The zero-order valence-electron chi connectivity index (χ0n) is 15.4. The van der Waals surface area contributed by atoms with Crippen LogP contribution in [0, 0.1) is 5.92 Å². The zero-order chi connectivity index (χ0) is 18.8. The Morgan fingerprint density at radius 3 is 2.81 bits per heavy atom. The highest BCUT2D eigenvalue weighted by Gasteiger charge is 2.48. The summed E-state index contributed by atoms with van der Waals surface area (Å²) in [5, 5.41) is 6.61. The van der Waals surface area contributed by atoms with Gasteiger partial charge in [0.2, 0.25) is 5.91 Å². The minimum Gasteiger partial charge on any atom is -0.368 e. The van der Waals surface area contributed by atoms with Crippen LogP contribution in [-0.4, -0.2) is 53.8 Å². The Morgan fingerprint density at radius 1 is 1.26 bits per heavy atom. The van der Waals surface area contributed by atoms with Crippen molar-refractivity contribution in [1.29, 1.82) is 0 Å². The molecule has 1 saturated carbocycles. The molecule has 1 aromatic heterocycles. The van der Waals surface area contributed by atoms with E-state index in [-0.39, 0.29) is 30.3 Å². The first-order chi connectivity index (χ1) is 13.1. The summed E-state index contributed by atoms with van der Waals surface area (Å²) in [5.74, 6) is 0.0847. The van der Waals surface area contributed by atoms with Crippen LogP contribution in [0.25, 0.3) is 0 Å². The zero-order valence-corrected chi connectivity index (χ0v) is 16.2. The van der Waals surface area contributed by atoms with Crippen molar-refractivity contribution in [3.8, 4) is 0 Å². The summed E-state index contributed by atoms with van der Waals surface area (Å²) in [6.45, 7) is 0.614. The Bertz CT molecular complexity index is 699. The van der Waals surface area contributed by atoms with Gasteiger partial charge < -0.3 is 15.0 Å². The minimum atomic E-state index is -0.576. The second kappa shape index (κ2) is 8.10. The van der Waals surface area contributed by atoms with E-state index < -0.39 is 12.1 Å². The number of amides is 2. The van der Waals surface area contributed by atoms with Crippen LogP contribution in [0.3, 0.4) is 0 Å². The van der Waals surface area contributed by atoms with E-state index in [1.165, 1.54) is 30.6 Å². The summed E-state index contributed by atoms with van der Waals surface area (Å²) in [6, 6.07) is 0.722. The molecule has 0 spiro atoms. The number of likely N-dealkylation sites (tertiary alicyclic amines) is 1. The number of nitrogens with zero attached hydrogens (tertiary/aromatic N) is 1. The maximum absolute atomic E-state index is 13.3. The van der Waals surface area contributed by atoms with Gasteiger partial charge in [-0.1, -0.05) is 32.1 Å². The Labute approximate surface area is 163 Å². The highest BCUT2D eigenvalue weighted by atomic mass is 32.1. The van der Waals surface area contributed by atoms with Gasteiger partial charge in [-0.15, -0.1) is 0 Å². The van der Waals surface area contributed by atoms with Crippen LogP contribution in [0.4, 0.5) is 0 Å². The maximum Gasteiger partial charge on any atom is 0.252 e. The Kier molecular flexibility index (Phi) is 5.59. The number of ketones is 1. The second-order valence-electron chi connectivity index (χ2n) is 7.86. The van der Waals surface area contributed by atoms with E-state index in [0.717, 1.165) is 12.8 Å². The van der Waals surface area contributed by atoms with Gasteiger partial charge in [-0.05, 0) is 30.2 Å². The lowest BCUT2D eigenvalue weighted by Gasteiger charge is -2.31. The number of thiophene rings is 1. The molecule has 6 nitrogen and oxygen atoms in total. The van der Waals surface area contributed by atoms with E-state index in [1.807, 2.05) is 5.38 Å². The average molecular weight is 391 g/mol. The van der Waals surface area contributed by atoms with Crippen LogP contribution in [0.15, 0.2) is 16.8 Å². The monoisotopic (exact) mass is 390 g/mol. The quantitative estimate of drug-likeness (QED) is 0.838. The summed E-state index contributed by atoms with van der Waals surface area (Å²) in [4.78, 5) is 39.8. The van der Waals surface area contributed by atoms with Crippen LogP contribution in [-0.2, 0) is 14.3 Å². The Balaban J connectivity index is 1.50. The number of Topliss-reactive ketones (excluding diaryl/α,β-unsaturated/α-hetero) is 1. The number of carbonyl (C=O) groups excluding carboxylic acids is 3. The standard InChI is InChI=1S/C20H26N2O4S/c23-16-11-26-17-6-8-22(18(16)17)20(25)15(10-13-4-2-1-3-5-13)21-19(24)14-7-9-27-12-14/h7,9,12-13,15,17-18H,1-6,8,10-11H2,(H,21,24)/t15-,17+,18+/m0/s1. The van der Waals surface area contributed by atoms with Crippen LogP contribution in [0.2, 0.25) is 0 Å². The van der Waals surface area contributed by atoms with E-state index in [0.29, 0.717) is 30.9 Å². The van der Waals surface area contributed by atoms with Crippen molar-refractivity contribution in [1.82, 2.24) is 10.2 Å². The van der Waals surface area contributed by atoms with Crippen molar-refractivity contribution < 1.29 is 19.1 Å². The molecule has 0 aromatic carbocycles. The Hall–Kier alpha value is -1.73. The SMILES string of the molecule is O=C(N[C@@H](CC1CCCCC1)C(=O)N1CC[C@H]2OCC(=O)[C@H]21)c1ccsc1. The van der Waals surface area contributed by atoms with Crippen LogP contribution >= 0.6 is 11.3 Å². The van der Waals surface area contributed by atoms with Gasteiger partial charge in [-0.25, -0.2) is 0 Å². The molecule has 27 heavy (non-hydrogen) atoms. The smallest absolute Gasteiger partial charge is 0.252 e. The molecule has 7 heteroatoms. The van der Waals surface area contributed by atoms with Gasteiger partial charge in [0.05, 0.1) is 11.7 Å². The van der Waals surface area contributed by atoms with E-state index in [9.17, 15) is 14.4 Å². The number of fused-ring (bicyclic) bond motifs is 1. The highest BCUT2D eigenvalue weighted by Crippen LogP contribution is 2.31. The molecule has 3 atom stereocenters. The van der Waals surface area contributed by atoms with Crippen molar-refractivity contribution in [2.24, 2.45) is 5.92 Å². The van der Waals surface area contributed by atoms with E-state index in [2.05, 4.69) is 5.32 Å². The molecule has 1 aliphatic carbocycles. The summed E-state index contributed by atoms with van der Waals surface area (Å²) in [5.41, 5.74) is 0.584. The van der Waals surface area contributed by atoms with Gasteiger partial charge in [0, 0.05) is 11.9 Å².